The van der Waals surface area contributed by atoms with E-state index in [0.29, 0.717) is 6.54 Å². The van der Waals surface area contributed by atoms with Crippen LogP contribution in [0.4, 0.5) is 0 Å². The second kappa shape index (κ2) is 12.3. The molecule has 1 atom stereocenters. The highest BCUT2D eigenvalue weighted by atomic mass is 35.5. The molecule has 0 radical (unpaired) electrons. The third kappa shape index (κ3) is 6.44. The average Bonchev–Trinajstić information content (AvgIpc) is 2.59. The van der Waals surface area contributed by atoms with Gasteiger partial charge in [0.15, 0.2) is 0 Å². The molecule has 136 valence electrons. The number of hydrogen-bond acceptors (Lipinski definition) is 3. The SMILES string of the molecule is CCN(CC)C(C(=O)NCC1=CCNCC1)c1ccccc1.Cl.Cl. The van der Waals surface area contributed by atoms with Gasteiger partial charge in [-0.3, -0.25) is 9.69 Å². The fraction of sp³-hybridized carbons (Fsp3) is 0.500. The second-order valence-electron chi connectivity index (χ2n) is 5.57. The highest BCUT2D eigenvalue weighted by molar-refractivity contribution is 5.85. The molecule has 6 heteroatoms. The number of amides is 1. The Bertz CT molecular complexity index is 504. The van der Waals surface area contributed by atoms with E-state index in [2.05, 4.69) is 35.5 Å². The largest absolute Gasteiger partial charge is 0.351 e. The van der Waals surface area contributed by atoms with E-state index in [9.17, 15) is 4.79 Å². The first-order valence-electron chi connectivity index (χ1n) is 8.21. The Morgan fingerprint density at radius 3 is 2.42 bits per heavy atom. The highest BCUT2D eigenvalue weighted by Crippen LogP contribution is 2.20. The molecule has 2 rings (SSSR count). The van der Waals surface area contributed by atoms with Gasteiger partial charge in [-0.2, -0.15) is 0 Å². The van der Waals surface area contributed by atoms with E-state index in [-0.39, 0.29) is 36.8 Å². The van der Waals surface area contributed by atoms with Gasteiger partial charge in [0.2, 0.25) is 5.91 Å². The Hall–Kier alpha value is -1.07. The van der Waals surface area contributed by atoms with E-state index in [1.807, 2.05) is 30.3 Å². The molecule has 1 aromatic rings. The molecule has 2 N–H and O–H groups in total. The number of likely N-dealkylation sites (N-methyl/N-ethyl adjacent to an activating group) is 1. The van der Waals surface area contributed by atoms with Gasteiger partial charge in [0.1, 0.15) is 6.04 Å². The summed E-state index contributed by atoms with van der Waals surface area (Å²) in [5.74, 6) is 0.0920. The number of hydrogen-bond donors (Lipinski definition) is 2. The van der Waals surface area contributed by atoms with Crippen LogP contribution in [0.25, 0.3) is 0 Å². The molecule has 4 nitrogen and oxygen atoms in total. The lowest BCUT2D eigenvalue weighted by Gasteiger charge is -2.29. The zero-order chi connectivity index (χ0) is 15.8. The minimum Gasteiger partial charge on any atom is -0.351 e. The zero-order valence-corrected chi connectivity index (χ0v) is 16.1. The van der Waals surface area contributed by atoms with Crippen LogP contribution in [0.3, 0.4) is 0 Å². The van der Waals surface area contributed by atoms with E-state index in [1.54, 1.807) is 0 Å². The fourth-order valence-electron chi connectivity index (χ4n) is 2.88. The van der Waals surface area contributed by atoms with Gasteiger partial charge >= 0.3 is 0 Å². The fourth-order valence-corrected chi connectivity index (χ4v) is 2.88. The number of nitrogens with one attached hydrogen (secondary N) is 2. The minimum atomic E-state index is -0.210. The summed E-state index contributed by atoms with van der Waals surface area (Å²) in [5, 5.41) is 6.41. The molecule has 24 heavy (non-hydrogen) atoms. The first-order chi connectivity index (χ1) is 10.8. The Labute approximate surface area is 157 Å². The standard InChI is InChI=1S/C18H27N3O.2ClH/c1-3-21(4-2)17(16-8-6-5-7-9-16)18(22)20-14-15-10-12-19-13-11-15;;/h5-10,17,19H,3-4,11-14H2,1-2H3,(H,20,22);2*1H. The van der Waals surface area contributed by atoms with Gasteiger partial charge in [-0.15, -0.1) is 24.8 Å². The molecule has 0 aromatic heterocycles. The van der Waals surface area contributed by atoms with Crippen LogP contribution in [0.15, 0.2) is 42.0 Å². The van der Waals surface area contributed by atoms with Crippen molar-refractivity contribution in [3.63, 3.8) is 0 Å². The van der Waals surface area contributed by atoms with E-state index in [4.69, 9.17) is 0 Å². The van der Waals surface area contributed by atoms with Gasteiger partial charge in [-0.05, 0) is 31.6 Å². The van der Waals surface area contributed by atoms with Crippen LogP contribution < -0.4 is 10.6 Å². The number of carbonyl (C=O) groups is 1. The Balaban J connectivity index is 0.00000264. The Morgan fingerprint density at radius 2 is 1.88 bits per heavy atom. The number of nitrogens with zero attached hydrogens (tertiary/aromatic N) is 1. The van der Waals surface area contributed by atoms with Gasteiger partial charge < -0.3 is 10.6 Å². The molecule has 1 aliphatic rings. The van der Waals surface area contributed by atoms with Gasteiger partial charge in [-0.25, -0.2) is 0 Å². The van der Waals surface area contributed by atoms with Crippen molar-refractivity contribution in [3.05, 3.63) is 47.5 Å². The van der Waals surface area contributed by atoms with E-state index in [1.165, 1.54) is 5.57 Å². The summed E-state index contributed by atoms with van der Waals surface area (Å²) in [5.41, 5.74) is 2.38. The predicted molar refractivity (Wildman–Crippen MR) is 105 cm³/mol. The van der Waals surface area contributed by atoms with Crippen LogP contribution in [-0.2, 0) is 4.79 Å². The molecule has 1 aliphatic heterocycles. The van der Waals surface area contributed by atoms with Gasteiger partial charge in [0, 0.05) is 13.1 Å². The summed E-state index contributed by atoms with van der Waals surface area (Å²) in [6.45, 7) is 8.48. The third-order valence-electron chi connectivity index (χ3n) is 4.19. The monoisotopic (exact) mass is 373 g/mol. The van der Waals surface area contributed by atoms with Crippen molar-refractivity contribution in [3.8, 4) is 0 Å². The Kier molecular flexibility index (Phi) is 11.8. The number of rotatable bonds is 7. The number of benzene rings is 1. The first kappa shape index (κ1) is 22.9. The third-order valence-corrected chi connectivity index (χ3v) is 4.19. The molecule has 0 spiro atoms. The van der Waals surface area contributed by atoms with Crippen molar-refractivity contribution in [1.82, 2.24) is 15.5 Å². The topological polar surface area (TPSA) is 44.4 Å². The van der Waals surface area contributed by atoms with Crippen LogP contribution in [-0.4, -0.2) is 43.5 Å². The van der Waals surface area contributed by atoms with Crippen LogP contribution in [0.5, 0.6) is 0 Å². The molecule has 0 fully saturated rings. The average molecular weight is 374 g/mol. The van der Waals surface area contributed by atoms with Gasteiger partial charge in [0.05, 0.1) is 0 Å². The summed E-state index contributed by atoms with van der Waals surface area (Å²) >= 11 is 0. The predicted octanol–water partition coefficient (Wildman–Crippen LogP) is 2.95. The smallest absolute Gasteiger partial charge is 0.242 e. The summed E-state index contributed by atoms with van der Waals surface area (Å²) < 4.78 is 0. The molecular weight excluding hydrogens is 345 g/mol. The highest BCUT2D eigenvalue weighted by Gasteiger charge is 2.25. The van der Waals surface area contributed by atoms with Crippen LogP contribution >= 0.6 is 24.8 Å². The van der Waals surface area contributed by atoms with Crippen LogP contribution in [0.2, 0.25) is 0 Å². The summed E-state index contributed by atoms with van der Waals surface area (Å²) in [6, 6.07) is 9.83. The molecule has 0 saturated carbocycles. The van der Waals surface area contributed by atoms with E-state index < -0.39 is 0 Å². The van der Waals surface area contributed by atoms with Crippen molar-refractivity contribution < 1.29 is 4.79 Å². The van der Waals surface area contributed by atoms with Crippen molar-refractivity contribution >= 4 is 30.7 Å². The zero-order valence-electron chi connectivity index (χ0n) is 14.5. The lowest BCUT2D eigenvalue weighted by Crippen LogP contribution is -2.41. The maximum atomic E-state index is 12.7. The van der Waals surface area contributed by atoms with Crippen LogP contribution in [0, 0.1) is 0 Å². The maximum absolute atomic E-state index is 12.7. The molecule has 0 bridgehead atoms. The number of carbonyl (C=O) groups excluding carboxylic acids is 1. The molecule has 1 unspecified atom stereocenters. The van der Waals surface area contributed by atoms with Crippen molar-refractivity contribution in [2.45, 2.75) is 26.3 Å². The Morgan fingerprint density at radius 1 is 1.21 bits per heavy atom. The lowest BCUT2D eigenvalue weighted by molar-refractivity contribution is -0.126. The minimum absolute atomic E-state index is 0. The summed E-state index contributed by atoms with van der Waals surface area (Å²) in [6.07, 6.45) is 3.19. The summed E-state index contributed by atoms with van der Waals surface area (Å²) in [7, 11) is 0. The first-order valence-corrected chi connectivity index (χ1v) is 8.21. The number of halogens is 2. The van der Waals surface area contributed by atoms with Crippen molar-refractivity contribution in [1.29, 1.82) is 0 Å². The van der Waals surface area contributed by atoms with Crippen LogP contribution in [0.1, 0.15) is 31.9 Å². The maximum Gasteiger partial charge on any atom is 0.242 e. The molecule has 0 saturated heterocycles. The molecule has 1 aromatic carbocycles. The molecular formula is C18H29Cl2N3O. The van der Waals surface area contributed by atoms with Gasteiger partial charge in [0.25, 0.3) is 0 Å². The quantitative estimate of drug-likeness (QED) is 0.722. The van der Waals surface area contributed by atoms with E-state index in [0.717, 1.165) is 38.2 Å². The van der Waals surface area contributed by atoms with Gasteiger partial charge in [-0.1, -0.05) is 55.8 Å². The van der Waals surface area contributed by atoms with E-state index >= 15 is 0 Å². The normalized spacial score (nSPS) is 14.9. The lowest BCUT2D eigenvalue weighted by atomic mass is 10.0. The summed E-state index contributed by atoms with van der Waals surface area (Å²) in [4.78, 5) is 14.9. The molecule has 1 heterocycles. The second-order valence-corrected chi connectivity index (χ2v) is 5.57. The van der Waals surface area contributed by atoms with Crippen molar-refractivity contribution in [2.75, 3.05) is 32.7 Å². The molecule has 1 amide bonds. The molecule has 0 aliphatic carbocycles. The van der Waals surface area contributed by atoms with Crippen molar-refractivity contribution in [2.24, 2.45) is 0 Å².